The maximum absolute atomic E-state index is 9.11. The minimum Gasteiger partial charge on any atom is -0.389 e. The van der Waals surface area contributed by atoms with Gasteiger partial charge in [0.25, 0.3) is 0 Å². The van der Waals surface area contributed by atoms with Crippen molar-refractivity contribution in [1.29, 1.82) is 0 Å². The van der Waals surface area contributed by atoms with Crippen LogP contribution in [0.5, 0.6) is 0 Å². The van der Waals surface area contributed by atoms with E-state index in [0.29, 0.717) is 12.0 Å². The van der Waals surface area contributed by atoms with E-state index in [-0.39, 0.29) is 6.10 Å². The van der Waals surface area contributed by atoms with Gasteiger partial charge in [-0.25, -0.2) is 0 Å². The summed E-state index contributed by atoms with van der Waals surface area (Å²) in [6, 6.07) is 0. The first-order chi connectivity index (χ1) is 10.6. The predicted molar refractivity (Wildman–Crippen MR) is 93.9 cm³/mol. The molecule has 1 aliphatic rings. The number of allylic oxidation sites excluding steroid dienone is 6. The minimum absolute atomic E-state index is 0.367. The maximum Gasteiger partial charge on any atom is 0.0706 e. The summed E-state index contributed by atoms with van der Waals surface area (Å²) in [5.41, 5.74) is 1.38. The largest absolute Gasteiger partial charge is 0.389 e. The van der Waals surface area contributed by atoms with Gasteiger partial charge in [-0.15, -0.1) is 0 Å². The molecule has 0 aromatic heterocycles. The first kappa shape index (κ1) is 18.9. The standard InChI is InChI=1S/C19H31NO2/c1-16(8-4-6-10-17(2)21)9-5-7-11-18-12-13-19(14-20-3)22-15-18/h4-8,10-11,16-17,19-21H,9,12-15H2,1-3H3/b7-5-,8-4-,10-6-,18-11-. The normalized spacial score (nSPS) is 24.7. The van der Waals surface area contributed by atoms with E-state index >= 15 is 0 Å². The molecule has 1 fully saturated rings. The Hall–Kier alpha value is -1.16. The molecule has 1 aliphatic heterocycles. The highest BCUT2D eigenvalue weighted by Gasteiger charge is 2.15. The molecule has 0 saturated carbocycles. The zero-order valence-corrected chi connectivity index (χ0v) is 14.2. The Kier molecular flexibility index (Phi) is 9.80. The van der Waals surface area contributed by atoms with E-state index in [4.69, 9.17) is 9.84 Å². The maximum atomic E-state index is 9.11. The molecule has 0 amide bonds. The minimum atomic E-state index is -0.378. The second kappa shape index (κ2) is 11.4. The van der Waals surface area contributed by atoms with Gasteiger partial charge in [0.2, 0.25) is 0 Å². The third-order valence-electron chi connectivity index (χ3n) is 3.64. The molecule has 0 bridgehead atoms. The molecule has 0 aromatic rings. The number of hydrogen-bond donors (Lipinski definition) is 2. The summed E-state index contributed by atoms with van der Waals surface area (Å²) in [6.07, 6.45) is 17.6. The fourth-order valence-corrected chi connectivity index (χ4v) is 2.30. The Morgan fingerprint density at radius 1 is 1.27 bits per heavy atom. The zero-order chi connectivity index (χ0) is 16.2. The van der Waals surface area contributed by atoms with E-state index in [1.165, 1.54) is 5.57 Å². The zero-order valence-electron chi connectivity index (χ0n) is 14.2. The van der Waals surface area contributed by atoms with Crippen molar-refractivity contribution in [2.45, 2.75) is 45.3 Å². The Morgan fingerprint density at radius 3 is 2.68 bits per heavy atom. The van der Waals surface area contributed by atoms with Gasteiger partial charge in [-0.3, -0.25) is 0 Å². The van der Waals surface area contributed by atoms with Gasteiger partial charge < -0.3 is 15.2 Å². The van der Waals surface area contributed by atoms with Gasteiger partial charge in [0.1, 0.15) is 0 Å². The van der Waals surface area contributed by atoms with Crippen LogP contribution in [0.15, 0.2) is 48.1 Å². The van der Waals surface area contributed by atoms with Crippen LogP contribution in [0.25, 0.3) is 0 Å². The summed E-state index contributed by atoms with van der Waals surface area (Å²) in [5, 5.41) is 12.3. The molecule has 0 aromatic carbocycles. The molecular formula is C19H31NO2. The molecule has 3 unspecified atom stereocenters. The lowest BCUT2D eigenvalue weighted by Gasteiger charge is -2.24. The van der Waals surface area contributed by atoms with Gasteiger partial charge in [0, 0.05) is 6.54 Å². The van der Waals surface area contributed by atoms with Crippen LogP contribution in [0.4, 0.5) is 0 Å². The quantitative estimate of drug-likeness (QED) is 0.675. The number of likely N-dealkylation sites (N-methyl/N-ethyl adjacent to an activating group) is 1. The highest BCUT2D eigenvalue weighted by molar-refractivity contribution is 5.15. The van der Waals surface area contributed by atoms with Gasteiger partial charge in [-0.2, -0.15) is 0 Å². The molecule has 0 aliphatic carbocycles. The van der Waals surface area contributed by atoms with Crippen LogP contribution < -0.4 is 5.32 Å². The van der Waals surface area contributed by atoms with Crippen molar-refractivity contribution in [2.24, 2.45) is 5.92 Å². The van der Waals surface area contributed by atoms with Crippen LogP contribution in [0.3, 0.4) is 0 Å². The highest BCUT2D eigenvalue weighted by Crippen LogP contribution is 2.18. The van der Waals surface area contributed by atoms with E-state index in [9.17, 15) is 0 Å². The Bertz CT molecular complexity index is 398. The van der Waals surface area contributed by atoms with Gasteiger partial charge in [-0.1, -0.05) is 49.5 Å². The van der Waals surface area contributed by atoms with Crippen molar-refractivity contribution in [3.8, 4) is 0 Å². The second-order valence-electron chi connectivity index (χ2n) is 6.01. The molecule has 1 rings (SSSR count). The van der Waals surface area contributed by atoms with Crippen molar-refractivity contribution in [3.05, 3.63) is 48.1 Å². The SMILES string of the molecule is CNCC1CC/C(=C/C=C\CC(C)/C=C\C=C/C(C)O)CO1. The van der Waals surface area contributed by atoms with Gasteiger partial charge in [0.15, 0.2) is 0 Å². The first-order valence-corrected chi connectivity index (χ1v) is 8.25. The smallest absolute Gasteiger partial charge is 0.0706 e. The monoisotopic (exact) mass is 305 g/mol. The number of hydrogen-bond acceptors (Lipinski definition) is 3. The van der Waals surface area contributed by atoms with Crippen molar-refractivity contribution < 1.29 is 9.84 Å². The van der Waals surface area contributed by atoms with E-state index < -0.39 is 0 Å². The fraction of sp³-hybridized carbons (Fsp3) is 0.579. The topological polar surface area (TPSA) is 41.5 Å². The molecule has 0 radical (unpaired) electrons. The summed E-state index contributed by atoms with van der Waals surface area (Å²) < 4.78 is 5.79. The van der Waals surface area contributed by atoms with Crippen LogP contribution in [0.1, 0.15) is 33.1 Å². The summed E-state index contributed by atoms with van der Waals surface area (Å²) in [6.45, 7) is 5.64. The molecule has 1 heterocycles. The molecule has 3 nitrogen and oxygen atoms in total. The van der Waals surface area contributed by atoms with E-state index in [2.05, 4.69) is 36.5 Å². The third-order valence-corrected chi connectivity index (χ3v) is 3.64. The number of ether oxygens (including phenoxy) is 1. The molecule has 124 valence electrons. The van der Waals surface area contributed by atoms with Crippen molar-refractivity contribution in [2.75, 3.05) is 20.2 Å². The molecule has 1 saturated heterocycles. The van der Waals surface area contributed by atoms with Crippen LogP contribution in [0.2, 0.25) is 0 Å². The summed E-state index contributed by atoms with van der Waals surface area (Å²) in [5.74, 6) is 0.496. The van der Waals surface area contributed by atoms with Gasteiger partial charge in [0.05, 0.1) is 18.8 Å². The Labute approximate surface area is 135 Å². The van der Waals surface area contributed by atoms with E-state index in [1.807, 2.05) is 19.2 Å². The lowest BCUT2D eigenvalue weighted by molar-refractivity contribution is 0.0441. The lowest BCUT2D eigenvalue weighted by Crippen LogP contribution is -2.30. The fourth-order valence-electron chi connectivity index (χ4n) is 2.30. The average molecular weight is 305 g/mol. The number of aliphatic hydroxyl groups excluding tert-OH is 1. The molecular weight excluding hydrogens is 274 g/mol. The average Bonchev–Trinajstić information content (AvgIpc) is 2.50. The second-order valence-corrected chi connectivity index (χ2v) is 6.01. The summed E-state index contributed by atoms with van der Waals surface area (Å²) in [7, 11) is 1.97. The molecule has 22 heavy (non-hydrogen) atoms. The van der Waals surface area contributed by atoms with E-state index in [1.54, 1.807) is 13.0 Å². The molecule has 3 atom stereocenters. The molecule has 3 heteroatoms. The first-order valence-electron chi connectivity index (χ1n) is 8.25. The van der Waals surface area contributed by atoms with Gasteiger partial charge >= 0.3 is 0 Å². The number of nitrogens with one attached hydrogen (secondary N) is 1. The lowest BCUT2D eigenvalue weighted by atomic mass is 10.0. The predicted octanol–water partition coefficient (Wildman–Crippen LogP) is 3.39. The highest BCUT2D eigenvalue weighted by atomic mass is 16.5. The summed E-state index contributed by atoms with van der Waals surface area (Å²) >= 11 is 0. The van der Waals surface area contributed by atoms with Crippen LogP contribution >= 0.6 is 0 Å². The van der Waals surface area contributed by atoms with Crippen molar-refractivity contribution in [1.82, 2.24) is 5.32 Å². The van der Waals surface area contributed by atoms with Crippen LogP contribution in [-0.4, -0.2) is 37.5 Å². The van der Waals surface area contributed by atoms with Gasteiger partial charge in [-0.05, 0) is 44.7 Å². The van der Waals surface area contributed by atoms with E-state index in [0.717, 1.165) is 32.4 Å². The number of aliphatic hydroxyl groups is 1. The Morgan fingerprint density at radius 2 is 2.05 bits per heavy atom. The van der Waals surface area contributed by atoms with Crippen LogP contribution in [-0.2, 0) is 4.74 Å². The molecule has 2 N–H and O–H groups in total. The molecule has 0 spiro atoms. The third kappa shape index (κ3) is 8.98. The number of rotatable bonds is 8. The Balaban J connectivity index is 2.24. The van der Waals surface area contributed by atoms with Crippen molar-refractivity contribution in [3.63, 3.8) is 0 Å². The van der Waals surface area contributed by atoms with Crippen LogP contribution in [0, 0.1) is 5.92 Å². The summed E-state index contributed by atoms with van der Waals surface area (Å²) in [4.78, 5) is 0. The van der Waals surface area contributed by atoms with Crippen molar-refractivity contribution >= 4 is 0 Å².